The van der Waals surface area contributed by atoms with Gasteiger partial charge in [-0.15, -0.1) is 0 Å². The number of rotatable bonds is 14. The lowest BCUT2D eigenvalue weighted by atomic mass is 10.1. The van der Waals surface area contributed by atoms with Crippen molar-refractivity contribution in [2.24, 2.45) is 0 Å². The summed E-state index contributed by atoms with van der Waals surface area (Å²) in [4.78, 5) is 28.4. The number of hydrogen-bond donors (Lipinski definition) is 1. The van der Waals surface area contributed by atoms with Crippen molar-refractivity contribution in [1.29, 1.82) is 0 Å². The highest BCUT2D eigenvalue weighted by atomic mass is 32.2. The van der Waals surface area contributed by atoms with Gasteiger partial charge in [-0.1, -0.05) is 43.7 Å². The number of halogens is 1. The Labute approximate surface area is 242 Å². The van der Waals surface area contributed by atoms with E-state index in [1.165, 1.54) is 4.90 Å². The largest absolute Gasteiger partial charge is 0.494 e. The van der Waals surface area contributed by atoms with Gasteiger partial charge in [-0.25, -0.2) is 12.8 Å². The van der Waals surface area contributed by atoms with Crippen molar-refractivity contribution in [3.63, 3.8) is 0 Å². The van der Waals surface area contributed by atoms with Crippen LogP contribution in [0.2, 0.25) is 0 Å². The molecule has 10 heteroatoms. The molecule has 1 atom stereocenters. The van der Waals surface area contributed by atoms with Crippen LogP contribution in [0.15, 0.2) is 77.7 Å². The van der Waals surface area contributed by atoms with Gasteiger partial charge in [0.1, 0.15) is 24.2 Å². The summed E-state index contributed by atoms with van der Waals surface area (Å²) in [5.74, 6) is -0.894. The third-order valence-corrected chi connectivity index (χ3v) is 8.31. The summed E-state index contributed by atoms with van der Waals surface area (Å²) in [6, 6.07) is 17.6. The van der Waals surface area contributed by atoms with E-state index in [-0.39, 0.29) is 23.0 Å². The molecular formula is C31H38FN3O5S. The van der Waals surface area contributed by atoms with Crippen LogP contribution >= 0.6 is 0 Å². The monoisotopic (exact) mass is 583 g/mol. The second-order valence-corrected chi connectivity index (χ2v) is 11.5. The summed E-state index contributed by atoms with van der Waals surface area (Å²) in [5.41, 5.74) is 2.08. The number of hydrogen-bond acceptors (Lipinski definition) is 5. The Morgan fingerprint density at radius 1 is 0.927 bits per heavy atom. The predicted octanol–water partition coefficient (Wildman–Crippen LogP) is 5.06. The first-order chi connectivity index (χ1) is 19.6. The number of anilines is 1. The number of nitrogens with zero attached hydrogens (tertiary/aromatic N) is 2. The molecule has 3 aromatic carbocycles. The zero-order valence-electron chi connectivity index (χ0n) is 24.0. The molecule has 3 aromatic rings. The Kier molecular flexibility index (Phi) is 11.3. The first kappa shape index (κ1) is 31.6. The molecule has 0 saturated heterocycles. The molecule has 0 aliphatic carbocycles. The van der Waals surface area contributed by atoms with Gasteiger partial charge in [0.25, 0.3) is 10.0 Å². The Hall–Kier alpha value is -3.92. The molecule has 0 aromatic heterocycles. The van der Waals surface area contributed by atoms with Crippen LogP contribution in [0.1, 0.15) is 44.7 Å². The minimum Gasteiger partial charge on any atom is -0.494 e. The molecule has 41 heavy (non-hydrogen) atoms. The van der Waals surface area contributed by atoms with Crippen LogP contribution in [-0.4, -0.2) is 50.9 Å². The highest BCUT2D eigenvalue weighted by molar-refractivity contribution is 7.92. The van der Waals surface area contributed by atoms with Crippen LogP contribution in [0.25, 0.3) is 0 Å². The molecule has 0 saturated carbocycles. The maximum absolute atomic E-state index is 14.0. The molecule has 2 amide bonds. The molecule has 1 N–H and O–H groups in total. The van der Waals surface area contributed by atoms with Crippen LogP contribution in [0.3, 0.4) is 0 Å². The van der Waals surface area contributed by atoms with Crippen molar-refractivity contribution >= 4 is 27.5 Å². The molecule has 0 bridgehead atoms. The van der Waals surface area contributed by atoms with Gasteiger partial charge in [0.2, 0.25) is 11.8 Å². The molecule has 0 aliphatic rings. The minimum absolute atomic E-state index is 0.116. The van der Waals surface area contributed by atoms with Gasteiger partial charge in [0.15, 0.2) is 0 Å². The number of carbonyl (C=O) groups excluding carboxylic acids is 2. The van der Waals surface area contributed by atoms with Crippen molar-refractivity contribution in [3.8, 4) is 5.75 Å². The standard InChI is InChI=1S/C31H38FN3O5S/c1-5-20-33-31(37)29(6-2)34(21-24-10-8-23(4)9-11-24)30(36)22-35(26-14-16-27(17-15-26)40-7-3)41(38,39)28-18-12-25(32)13-19-28/h8-19,29H,5-7,20-22H2,1-4H3,(H,33,37)/t29-/m0/s1. The lowest BCUT2D eigenvalue weighted by molar-refractivity contribution is -0.140. The lowest BCUT2D eigenvalue weighted by Crippen LogP contribution is -2.52. The average Bonchev–Trinajstić information content (AvgIpc) is 2.96. The maximum atomic E-state index is 14.0. The number of sulfonamides is 1. The van der Waals surface area contributed by atoms with Crippen molar-refractivity contribution in [2.75, 3.05) is 24.0 Å². The van der Waals surface area contributed by atoms with Gasteiger partial charge in [0, 0.05) is 13.1 Å². The van der Waals surface area contributed by atoms with E-state index in [9.17, 15) is 22.4 Å². The van der Waals surface area contributed by atoms with Gasteiger partial charge in [-0.2, -0.15) is 0 Å². The number of benzene rings is 3. The van der Waals surface area contributed by atoms with Crippen LogP contribution < -0.4 is 14.4 Å². The van der Waals surface area contributed by atoms with Gasteiger partial charge in [-0.3, -0.25) is 13.9 Å². The number of ether oxygens (including phenoxy) is 1. The quantitative estimate of drug-likeness (QED) is 0.286. The summed E-state index contributed by atoms with van der Waals surface area (Å²) in [7, 11) is -4.29. The summed E-state index contributed by atoms with van der Waals surface area (Å²) in [6.45, 7) is 7.97. The topological polar surface area (TPSA) is 96.0 Å². The molecule has 0 heterocycles. The number of amides is 2. The normalized spacial score (nSPS) is 11.9. The molecule has 220 valence electrons. The predicted molar refractivity (Wildman–Crippen MR) is 158 cm³/mol. The number of nitrogens with one attached hydrogen (secondary N) is 1. The summed E-state index contributed by atoms with van der Waals surface area (Å²) in [5, 5.41) is 2.86. The van der Waals surface area contributed by atoms with Crippen molar-refractivity contribution in [3.05, 3.63) is 89.7 Å². The molecule has 3 rings (SSSR count). The zero-order chi connectivity index (χ0) is 30.0. The van der Waals surface area contributed by atoms with Crippen molar-refractivity contribution < 1.29 is 27.1 Å². The molecular weight excluding hydrogens is 545 g/mol. The lowest BCUT2D eigenvalue weighted by Gasteiger charge is -2.33. The van der Waals surface area contributed by atoms with Gasteiger partial charge in [0.05, 0.1) is 17.2 Å². The van der Waals surface area contributed by atoms with E-state index in [2.05, 4.69) is 5.32 Å². The van der Waals surface area contributed by atoms with Crippen LogP contribution in [0.4, 0.5) is 10.1 Å². The molecule has 0 unspecified atom stereocenters. The fraction of sp³-hybridized carbons (Fsp3) is 0.355. The van der Waals surface area contributed by atoms with Gasteiger partial charge in [-0.05, 0) is 80.8 Å². The fourth-order valence-electron chi connectivity index (χ4n) is 4.31. The summed E-state index contributed by atoms with van der Waals surface area (Å²) in [6.07, 6.45) is 1.07. The number of carbonyl (C=O) groups is 2. The molecule has 0 spiro atoms. The Morgan fingerprint density at radius 2 is 1.56 bits per heavy atom. The van der Waals surface area contributed by atoms with Gasteiger partial charge >= 0.3 is 0 Å². The first-order valence-electron chi connectivity index (χ1n) is 13.7. The molecule has 0 fully saturated rings. The Balaban J connectivity index is 2.04. The summed E-state index contributed by atoms with van der Waals surface area (Å²) >= 11 is 0. The molecule has 0 aliphatic heterocycles. The second kappa shape index (κ2) is 14.6. The van der Waals surface area contributed by atoms with Crippen LogP contribution in [0, 0.1) is 12.7 Å². The zero-order valence-corrected chi connectivity index (χ0v) is 24.8. The van der Waals surface area contributed by atoms with E-state index in [0.29, 0.717) is 25.3 Å². The smallest absolute Gasteiger partial charge is 0.264 e. The highest BCUT2D eigenvalue weighted by Crippen LogP contribution is 2.27. The molecule has 8 nitrogen and oxygen atoms in total. The van der Waals surface area contributed by atoms with Crippen LogP contribution in [-0.2, 0) is 26.2 Å². The summed E-state index contributed by atoms with van der Waals surface area (Å²) < 4.78 is 47.8. The Bertz CT molecular complexity index is 1400. The van der Waals surface area contributed by atoms with E-state index >= 15 is 0 Å². The molecule has 0 radical (unpaired) electrons. The van der Waals surface area contributed by atoms with Crippen LogP contribution in [0.5, 0.6) is 5.75 Å². The van der Waals surface area contributed by atoms with E-state index in [0.717, 1.165) is 46.1 Å². The van der Waals surface area contributed by atoms with Gasteiger partial charge < -0.3 is 15.0 Å². The third kappa shape index (κ3) is 8.29. The maximum Gasteiger partial charge on any atom is 0.264 e. The third-order valence-electron chi connectivity index (χ3n) is 6.52. The van der Waals surface area contributed by atoms with E-state index < -0.39 is 34.3 Å². The first-order valence-corrected chi connectivity index (χ1v) is 15.2. The van der Waals surface area contributed by atoms with Crippen molar-refractivity contribution in [2.45, 2.75) is 58.0 Å². The average molecular weight is 584 g/mol. The fourth-order valence-corrected chi connectivity index (χ4v) is 5.73. The number of aryl methyl sites for hydroxylation is 1. The second-order valence-electron chi connectivity index (χ2n) is 9.61. The van der Waals surface area contributed by atoms with E-state index in [1.807, 2.05) is 52.0 Å². The van der Waals surface area contributed by atoms with Crippen molar-refractivity contribution in [1.82, 2.24) is 10.2 Å². The highest BCUT2D eigenvalue weighted by Gasteiger charge is 2.33. The van der Waals surface area contributed by atoms with E-state index in [4.69, 9.17) is 4.74 Å². The van der Waals surface area contributed by atoms with E-state index in [1.54, 1.807) is 24.3 Å². The Morgan fingerprint density at radius 3 is 2.12 bits per heavy atom. The SMILES string of the molecule is CCCNC(=O)[C@H](CC)N(Cc1ccc(C)cc1)C(=O)CN(c1ccc(OCC)cc1)S(=O)(=O)c1ccc(F)cc1. The minimum atomic E-state index is -4.29.